The molecule has 3 rings (SSSR count). The molecule has 1 aliphatic heterocycles. The number of aryl methyl sites for hydroxylation is 1. The van der Waals surface area contributed by atoms with Crippen LogP contribution in [-0.4, -0.2) is 67.4 Å². The average Bonchev–Trinajstić information content (AvgIpc) is 2.78. The lowest BCUT2D eigenvalue weighted by Crippen LogP contribution is -2.51. The van der Waals surface area contributed by atoms with Crippen molar-refractivity contribution in [3.63, 3.8) is 0 Å². The van der Waals surface area contributed by atoms with Gasteiger partial charge in [0.15, 0.2) is 0 Å². The molecule has 2 aromatic carbocycles. The number of carbonyl (C=O) groups is 3. The second-order valence-electron chi connectivity index (χ2n) is 7.49. The highest BCUT2D eigenvalue weighted by Crippen LogP contribution is 2.20. The summed E-state index contributed by atoms with van der Waals surface area (Å²) in [6, 6.07) is 7.98. The predicted octanol–water partition coefficient (Wildman–Crippen LogP) is 2.39. The van der Waals surface area contributed by atoms with Gasteiger partial charge in [0.05, 0.1) is 12.7 Å². The maximum Gasteiger partial charge on any atom is 0.254 e. The molecule has 9 heteroatoms. The molecule has 1 saturated heterocycles. The van der Waals surface area contributed by atoms with Gasteiger partial charge in [0, 0.05) is 50.8 Å². The Morgan fingerprint density at radius 3 is 2.34 bits per heavy atom. The second kappa shape index (κ2) is 10.2. The molecule has 2 aromatic rings. The number of nitrogens with zero attached hydrogens (tertiary/aromatic N) is 2. The first-order valence-electron chi connectivity index (χ1n) is 10.2. The summed E-state index contributed by atoms with van der Waals surface area (Å²) >= 11 is 0. The predicted molar refractivity (Wildman–Crippen MR) is 114 cm³/mol. The lowest BCUT2D eigenvalue weighted by Gasteiger charge is -2.35. The molecule has 0 radical (unpaired) electrons. The number of hydrogen-bond donors (Lipinski definition) is 1. The van der Waals surface area contributed by atoms with E-state index in [0.29, 0.717) is 43.6 Å². The number of carbonyl (C=O) groups excluding carboxylic acids is 3. The van der Waals surface area contributed by atoms with E-state index in [4.69, 9.17) is 4.74 Å². The SMILES string of the molecule is COc1cc(C(=O)N2CCN(C(=O)CCNC(=O)c3ccc(F)cc3F)CC2)ccc1C. The lowest BCUT2D eigenvalue weighted by atomic mass is 10.1. The van der Waals surface area contributed by atoms with E-state index < -0.39 is 17.5 Å². The zero-order chi connectivity index (χ0) is 23.3. The Labute approximate surface area is 184 Å². The molecular weight excluding hydrogens is 420 g/mol. The summed E-state index contributed by atoms with van der Waals surface area (Å²) in [6.45, 7) is 3.48. The van der Waals surface area contributed by atoms with Gasteiger partial charge in [-0.2, -0.15) is 0 Å². The molecule has 0 bridgehead atoms. The van der Waals surface area contributed by atoms with Crippen molar-refractivity contribution < 1.29 is 27.9 Å². The lowest BCUT2D eigenvalue weighted by molar-refractivity contribution is -0.132. The van der Waals surface area contributed by atoms with E-state index in [1.165, 1.54) is 0 Å². The van der Waals surface area contributed by atoms with Gasteiger partial charge in [-0.15, -0.1) is 0 Å². The smallest absolute Gasteiger partial charge is 0.254 e. The van der Waals surface area contributed by atoms with E-state index in [2.05, 4.69) is 5.32 Å². The number of hydrogen-bond acceptors (Lipinski definition) is 4. The van der Waals surface area contributed by atoms with E-state index in [1.807, 2.05) is 13.0 Å². The van der Waals surface area contributed by atoms with Gasteiger partial charge >= 0.3 is 0 Å². The van der Waals surface area contributed by atoms with Crippen LogP contribution in [0.15, 0.2) is 36.4 Å². The van der Waals surface area contributed by atoms with Gasteiger partial charge < -0.3 is 19.9 Å². The molecule has 0 spiro atoms. The highest BCUT2D eigenvalue weighted by molar-refractivity contribution is 5.95. The van der Waals surface area contributed by atoms with Gasteiger partial charge in [-0.05, 0) is 36.8 Å². The van der Waals surface area contributed by atoms with Crippen LogP contribution in [0.25, 0.3) is 0 Å². The van der Waals surface area contributed by atoms with Crippen molar-refractivity contribution in [3.05, 3.63) is 64.7 Å². The van der Waals surface area contributed by atoms with Crippen molar-refractivity contribution in [1.29, 1.82) is 0 Å². The zero-order valence-electron chi connectivity index (χ0n) is 18.0. The minimum atomic E-state index is -0.958. The molecule has 1 heterocycles. The number of benzene rings is 2. The maximum atomic E-state index is 13.6. The van der Waals surface area contributed by atoms with E-state index >= 15 is 0 Å². The fourth-order valence-electron chi connectivity index (χ4n) is 3.50. The van der Waals surface area contributed by atoms with Crippen molar-refractivity contribution in [1.82, 2.24) is 15.1 Å². The molecule has 0 saturated carbocycles. The molecule has 7 nitrogen and oxygen atoms in total. The van der Waals surface area contributed by atoms with E-state index in [1.54, 1.807) is 29.0 Å². The number of nitrogens with one attached hydrogen (secondary N) is 1. The van der Waals surface area contributed by atoms with Crippen LogP contribution >= 0.6 is 0 Å². The third kappa shape index (κ3) is 5.40. The highest BCUT2D eigenvalue weighted by atomic mass is 19.1. The average molecular weight is 445 g/mol. The van der Waals surface area contributed by atoms with Crippen molar-refractivity contribution in [2.45, 2.75) is 13.3 Å². The maximum absolute atomic E-state index is 13.6. The van der Waals surface area contributed by atoms with Crippen molar-refractivity contribution in [3.8, 4) is 5.75 Å². The normalized spacial score (nSPS) is 13.6. The van der Waals surface area contributed by atoms with Gasteiger partial charge in [-0.25, -0.2) is 8.78 Å². The van der Waals surface area contributed by atoms with Crippen LogP contribution in [-0.2, 0) is 4.79 Å². The summed E-state index contributed by atoms with van der Waals surface area (Å²) in [4.78, 5) is 40.5. The van der Waals surface area contributed by atoms with Crippen LogP contribution < -0.4 is 10.1 Å². The Balaban J connectivity index is 1.46. The standard InChI is InChI=1S/C23H25F2N3O4/c1-15-3-4-16(13-20(15)32-2)23(31)28-11-9-27(10-12-28)21(29)7-8-26-22(30)18-6-5-17(24)14-19(18)25/h3-6,13-14H,7-12H2,1-2H3,(H,26,30). The Morgan fingerprint density at radius 2 is 1.69 bits per heavy atom. The number of methoxy groups -OCH3 is 1. The minimum absolute atomic E-state index is 0.0246. The summed E-state index contributed by atoms with van der Waals surface area (Å²) < 4.78 is 31.9. The monoisotopic (exact) mass is 445 g/mol. The third-order valence-electron chi connectivity index (χ3n) is 5.37. The minimum Gasteiger partial charge on any atom is -0.496 e. The molecule has 1 N–H and O–H groups in total. The topological polar surface area (TPSA) is 79.0 Å². The summed E-state index contributed by atoms with van der Waals surface area (Å²) in [5, 5.41) is 2.47. The van der Waals surface area contributed by atoms with Crippen molar-refractivity contribution >= 4 is 17.7 Å². The van der Waals surface area contributed by atoms with E-state index in [9.17, 15) is 23.2 Å². The molecule has 0 aliphatic carbocycles. The molecule has 0 aromatic heterocycles. The molecule has 32 heavy (non-hydrogen) atoms. The number of halogens is 2. The van der Waals surface area contributed by atoms with Gasteiger partial charge in [-0.1, -0.05) is 6.07 Å². The van der Waals surface area contributed by atoms with Crippen LogP contribution in [0.4, 0.5) is 8.78 Å². The zero-order valence-corrected chi connectivity index (χ0v) is 18.0. The molecular formula is C23H25F2N3O4. The summed E-state index contributed by atoms with van der Waals surface area (Å²) in [7, 11) is 1.56. The van der Waals surface area contributed by atoms with E-state index in [0.717, 1.165) is 17.7 Å². The Bertz CT molecular complexity index is 1020. The van der Waals surface area contributed by atoms with Crippen LogP contribution in [0, 0.1) is 18.6 Å². The van der Waals surface area contributed by atoms with Crippen LogP contribution in [0.1, 0.15) is 32.7 Å². The first-order chi connectivity index (χ1) is 15.3. The fraction of sp³-hybridized carbons (Fsp3) is 0.348. The largest absolute Gasteiger partial charge is 0.496 e. The fourth-order valence-corrected chi connectivity index (χ4v) is 3.50. The molecule has 1 aliphatic rings. The summed E-state index contributed by atoms with van der Waals surface area (Å²) in [6.07, 6.45) is 0.0393. The quantitative estimate of drug-likeness (QED) is 0.741. The Morgan fingerprint density at radius 1 is 1.00 bits per heavy atom. The molecule has 1 fully saturated rings. The Kier molecular flexibility index (Phi) is 7.40. The first kappa shape index (κ1) is 23.2. The van der Waals surface area contributed by atoms with Gasteiger partial charge in [-0.3, -0.25) is 14.4 Å². The summed E-state index contributed by atoms with van der Waals surface area (Å²) in [5.74, 6) is -2.08. The second-order valence-corrected chi connectivity index (χ2v) is 7.49. The number of rotatable bonds is 6. The number of piperazine rings is 1. The van der Waals surface area contributed by atoms with Crippen molar-refractivity contribution in [2.24, 2.45) is 0 Å². The van der Waals surface area contributed by atoms with Crippen LogP contribution in [0.5, 0.6) is 5.75 Å². The summed E-state index contributed by atoms with van der Waals surface area (Å²) in [5.41, 5.74) is 1.19. The highest BCUT2D eigenvalue weighted by Gasteiger charge is 2.25. The molecule has 3 amide bonds. The molecule has 170 valence electrons. The molecule has 0 unspecified atom stereocenters. The van der Waals surface area contributed by atoms with Crippen LogP contribution in [0.3, 0.4) is 0 Å². The number of ether oxygens (including phenoxy) is 1. The van der Waals surface area contributed by atoms with Crippen LogP contribution in [0.2, 0.25) is 0 Å². The van der Waals surface area contributed by atoms with Gasteiger partial charge in [0.1, 0.15) is 17.4 Å². The third-order valence-corrected chi connectivity index (χ3v) is 5.37. The Hall–Kier alpha value is -3.49. The first-order valence-corrected chi connectivity index (χ1v) is 10.2. The van der Waals surface area contributed by atoms with Gasteiger partial charge in [0.2, 0.25) is 5.91 Å². The van der Waals surface area contributed by atoms with Crippen molar-refractivity contribution in [2.75, 3.05) is 39.8 Å². The van der Waals surface area contributed by atoms with E-state index in [-0.39, 0.29) is 30.3 Å². The van der Waals surface area contributed by atoms with Gasteiger partial charge in [0.25, 0.3) is 11.8 Å². The number of amides is 3. The molecule has 0 atom stereocenters.